The number of amides is 1. The van der Waals surface area contributed by atoms with E-state index in [1.54, 1.807) is 18.2 Å². The zero-order chi connectivity index (χ0) is 23.3. The molecule has 0 bridgehead atoms. The Hall–Kier alpha value is -2.29. The van der Waals surface area contributed by atoms with Gasteiger partial charge >= 0.3 is 0 Å². The third-order valence-corrected chi connectivity index (χ3v) is 10.1. The lowest BCUT2D eigenvalue weighted by atomic mass is 9.97. The number of nitrogens with one attached hydrogen (secondary N) is 2. The van der Waals surface area contributed by atoms with E-state index in [4.69, 9.17) is 14.8 Å². The predicted octanol–water partition coefficient (Wildman–Crippen LogP) is 2.85. The van der Waals surface area contributed by atoms with Gasteiger partial charge in [0.05, 0.1) is 23.8 Å². The van der Waals surface area contributed by atoms with E-state index in [0.717, 1.165) is 23.3 Å². The van der Waals surface area contributed by atoms with Crippen molar-refractivity contribution in [2.45, 2.75) is 43.1 Å². The summed E-state index contributed by atoms with van der Waals surface area (Å²) in [7, 11) is -3.64. The molecule has 2 aliphatic heterocycles. The summed E-state index contributed by atoms with van der Waals surface area (Å²) in [6.07, 6.45) is 2.16. The van der Waals surface area contributed by atoms with Crippen molar-refractivity contribution in [2.75, 3.05) is 25.4 Å². The monoisotopic (exact) mass is 489 g/mol. The number of hydroxylamine groups is 1. The van der Waals surface area contributed by atoms with Gasteiger partial charge in [-0.2, -0.15) is 5.26 Å². The van der Waals surface area contributed by atoms with Gasteiger partial charge < -0.3 is 10.1 Å². The number of ether oxygens (including phenoxy) is 1. The lowest BCUT2D eigenvalue weighted by molar-refractivity contribution is -0.200. The number of rotatable bonds is 6. The van der Waals surface area contributed by atoms with Crippen LogP contribution in [0, 0.1) is 11.3 Å². The Kier molecular flexibility index (Phi) is 7.46. The molecular formula is C23H27N3O5S2. The van der Waals surface area contributed by atoms with Crippen LogP contribution >= 0.6 is 11.3 Å². The van der Waals surface area contributed by atoms with E-state index < -0.39 is 26.8 Å². The van der Waals surface area contributed by atoms with Crippen molar-refractivity contribution in [2.24, 2.45) is 0 Å². The highest BCUT2D eigenvalue weighted by Gasteiger charge is 2.48. The van der Waals surface area contributed by atoms with E-state index in [1.165, 1.54) is 11.3 Å². The van der Waals surface area contributed by atoms with Crippen molar-refractivity contribution in [3.8, 4) is 16.5 Å². The Bertz CT molecular complexity index is 1120. The summed E-state index contributed by atoms with van der Waals surface area (Å²) in [6.45, 7) is 1.42. The number of hydrogen-bond acceptors (Lipinski definition) is 8. The number of carbonyl (C=O) groups is 1. The summed E-state index contributed by atoms with van der Waals surface area (Å²) in [5.74, 6) is -0.528. The lowest BCUT2D eigenvalue weighted by Gasteiger charge is -2.31. The molecule has 2 unspecified atom stereocenters. The molecule has 0 spiro atoms. The summed E-state index contributed by atoms with van der Waals surface area (Å²) in [5, 5.41) is 12.2. The van der Waals surface area contributed by atoms with Gasteiger partial charge in [-0.15, -0.1) is 11.3 Å². The number of thiophene rings is 1. The van der Waals surface area contributed by atoms with Gasteiger partial charge in [-0.05, 0) is 55.6 Å². The molecule has 0 radical (unpaired) electrons. The second-order valence-electron chi connectivity index (χ2n) is 8.28. The van der Waals surface area contributed by atoms with Gasteiger partial charge in [-0.3, -0.25) is 4.79 Å². The summed E-state index contributed by atoms with van der Waals surface area (Å²) in [5.41, 5.74) is 3.88. The Morgan fingerprint density at radius 2 is 2.06 bits per heavy atom. The zero-order valence-electron chi connectivity index (χ0n) is 18.2. The summed E-state index contributed by atoms with van der Waals surface area (Å²) < 4.78 is 31.1. The first-order valence-electron chi connectivity index (χ1n) is 11.0. The molecule has 2 N–H and O–H groups in total. The normalized spacial score (nSPS) is 25.0. The third-order valence-electron chi connectivity index (χ3n) is 6.09. The fourth-order valence-corrected chi connectivity index (χ4v) is 7.78. The maximum absolute atomic E-state index is 13.5. The minimum Gasteiger partial charge on any atom is -0.350 e. The van der Waals surface area contributed by atoms with Crippen molar-refractivity contribution < 1.29 is 22.8 Å². The van der Waals surface area contributed by atoms with Gasteiger partial charge in [0, 0.05) is 29.3 Å². The molecule has 10 heteroatoms. The van der Waals surface area contributed by atoms with Gasteiger partial charge in [0.1, 0.15) is 4.75 Å². The first-order valence-corrected chi connectivity index (χ1v) is 13.5. The average molecular weight is 490 g/mol. The minimum absolute atomic E-state index is 0.0447. The molecule has 2 saturated heterocycles. The quantitative estimate of drug-likeness (QED) is 0.599. The molecule has 8 nitrogen and oxygen atoms in total. The number of nitrogens with zero attached hydrogens (tertiary/aromatic N) is 1. The molecular weight excluding hydrogens is 462 g/mol. The smallest absolute Gasteiger partial charge is 0.245 e. The van der Waals surface area contributed by atoms with E-state index >= 15 is 0 Å². The molecule has 4 rings (SSSR count). The van der Waals surface area contributed by atoms with Crippen LogP contribution in [-0.4, -0.2) is 46.1 Å². The van der Waals surface area contributed by atoms with Crippen molar-refractivity contribution in [1.82, 2.24) is 10.8 Å². The molecule has 1 amide bonds. The van der Waals surface area contributed by atoms with Crippen molar-refractivity contribution >= 4 is 27.1 Å². The fourth-order valence-electron chi connectivity index (χ4n) is 4.21. The molecule has 2 aliphatic rings. The predicted molar refractivity (Wildman–Crippen MR) is 125 cm³/mol. The first-order chi connectivity index (χ1) is 15.9. The molecule has 176 valence electrons. The van der Waals surface area contributed by atoms with Gasteiger partial charge in [-0.1, -0.05) is 12.1 Å². The largest absolute Gasteiger partial charge is 0.350 e. The Labute approximate surface area is 197 Å². The lowest BCUT2D eigenvalue weighted by Crippen LogP contribution is -2.43. The first kappa shape index (κ1) is 23.9. The molecule has 2 atom stereocenters. The summed E-state index contributed by atoms with van der Waals surface area (Å²) >= 11 is 1.37. The highest BCUT2D eigenvalue weighted by atomic mass is 32.2. The van der Waals surface area contributed by atoms with E-state index in [1.807, 2.05) is 18.2 Å². The maximum atomic E-state index is 13.5. The fraction of sp³-hybridized carbons (Fsp3) is 0.478. The summed E-state index contributed by atoms with van der Waals surface area (Å²) in [4.78, 5) is 19.8. The standard InChI is InChI=1S/C23H27N3O5S2/c24-16-17-4-6-18(7-5-17)19-8-9-20(32-19)23(10-11-25-12-14-33(23,28)29)15-21(27)26-31-22-3-1-2-13-30-22/h4-9,22,25H,1-3,10-15H2,(H,26,27). The van der Waals surface area contributed by atoms with Crippen LogP contribution in [0.4, 0.5) is 0 Å². The molecule has 0 saturated carbocycles. The van der Waals surface area contributed by atoms with Crippen LogP contribution in [0.3, 0.4) is 0 Å². The third kappa shape index (κ3) is 5.28. The molecule has 33 heavy (non-hydrogen) atoms. The number of carbonyl (C=O) groups excluding carboxylic acids is 1. The molecule has 1 aromatic heterocycles. The van der Waals surface area contributed by atoms with E-state index in [9.17, 15) is 13.2 Å². The van der Waals surface area contributed by atoms with Crippen LogP contribution in [0.1, 0.15) is 42.5 Å². The SMILES string of the molecule is N#Cc1ccc(-c2ccc(C3(CC(=O)NOC4CCCCO4)CCNCCS3(=O)=O)s2)cc1. The van der Waals surface area contributed by atoms with Crippen LogP contribution in [0.5, 0.6) is 0 Å². The van der Waals surface area contributed by atoms with Crippen LogP contribution in [0.25, 0.3) is 10.4 Å². The summed E-state index contributed by atoms with van der Waals surface area (Å²) in [6, 6.07) is 12.9. The van der Waals surface area contributed by atoms with E-state index in [2.05, 4.69) is 16.9 Å². The van der Waals surface area contributed by atoms with Crippen molar-refractivity contribution in [1.29, 1.82) is 5.26 Å². The molecule has 2 fully saturated rings. The topological polar surface area (TPSA) is 118 Å². The Morgan fingerprint density at radius 1 is 1.24 bits per heavy atom. The number of sulfone groups is 1. The van der Waals surface area contributed by atoms with Gasteiger partial charge in [0.25, 0.3) is 0 Å². The number of hydrogen-bond donors (Lipinski definition) is 2. The number of nitriles is 1. The van der Waals surface area contributed by atoms with Gasteiger partial charge in [-0.25, -0.2) is 18.7 Å². The molecule has 2 aromatic rings. The maximum Gasteiger partial charge on any atom is 0.245 e. The average Bonchev–Trinajstić information content (AvgIpc) is 3.27. The van der Waals surface area contributed by atoms with Crippen molar-refractivity contribution in [3.63, 3.8) is 0 Å². The van der Waals surface area contributed by atoms with Crippen LogP contribution < -0.4 is 10.8 Å². The van der Waals surface area contributed by atoms with Crippen LogP contribution in [0.2, 0.25) is 0 Å². The Balaban J connectivity index is 1.60. The second kappa shape index (κ2) is 10.3. The highest BCUT2D eigenvalue weighted by molar-refractivity contribution is 7.92. The van der Waals surface area contributed by atoms with E-state index in [0.29, 0.717) is 36.6 Å². The van der Waals surface area contributed by atoms with E-state index in [-0.39, 0.29) is 18.6 Å². The Morgan fingerprint density at radius 3 is 2.79 bits per heavy atom. The highest BCUT2D eigenvalue weighted by Crippen LogP contribution is 2.44. The molecule has 0 aliphatic carbocycles. The zero-order valence-corrected chi connectivity index (χ0v) is 19.8. The van der Waals surface area contributed by atoms with Gasteiger partial charge in [0.15, 0.2) is 16.1 Å². The second-order valence-corrected chi connectivity index (χ2v) is 11.8. The molecule has 1 aromatic carbocycles. The van der Waals surface area contributed by atoms with Crippen molar-refractivity contribution in [3.05, 3.63) is 46.8 Å². The molecule has 3 heterocycles. The number of benzene rings is 1. The van der Waals surface area contributed by atoms with Gasteiger partial charge in [0.2, 0.25) is 5.91 Å². The van der Waals surface area contributed by atoms with Crippen LogP contribution in [-0.2, 0) is 29.0 Å². The minimum atomic E-state index is -3.64. The van der Waals surface area contributed by atoms with Crippen LogP contribution in [0.15, 0.2) is 36.4 Å².